The first-order chi connectivity index (χ1) is 7.95. The zero-order valence-electron chi connectivity index (χ0n) is 12.2. The number of nitrogens with zero attached hydrogens (tertiary/aromatic N) is 2. The highest BCUT2D eigenvalue weighted by atomic mass is 15.1. The highest BCUT2D eigenvalue weighted by molar-refractivity contribution is 4.74. The van der Waals surface area contributed by atoms with Gasteiger partial charge in [-0.25, -0.2) is 0 Å². The molecular formula is C14H29N3. The van der Waals surface area contributed by atoms with E-state index in [1.807, 2.05) is 0 Å². The molecule has 0 radical (unpaired) electrons. The van der Waals surface area contributed by atoms with Crippen molar-refractivity contribution in [2.45, 2.75) is 47.1 Å². The smallest absolute Gasteiger partial charge is 0.0635 e. The first kappa shape index (κ1) is 16.4. The van der Waals surface area contributed by atoms with Crippen LogP contribution in [0.4, 0.5) is 0 Å². The van der Waals surface area contributed by atoms with E-state index in [1.165, 1.54) is 0 Å². The van der Waals surface area contributed by atoms with Crippen LogP contribution in [0.25, 0.3) is 0 Å². The number of nitriles is 1. The lowest BCUT2D eigenvalue weighted by atomic mass is 10.1. The van der Waals surface area contributed by atoms with Crippen LogP contribution in [0.3, 0.4) is 0 Å². The summed E-state index contributed by atoms with van der Waals surface area (Å²) in [4.78, 5) is 2.42. The second-order valence-electron chi connectivity index (χ2n) is 5.73. The van der Waals surface area contributed by atoms with Crippen molar-refractivity contribution in [3.8, 4) is 6.07 Å². The molecule has 0 saturated carbocycles. The summed E-state index contributed by atoms with van der Waals surface area (Å²) >= 11 is 0. The predicted octanol–water partition coefficient (Wildman–Crippen LogP) is 2.49. The van der Waals surface area contributed by atoms with E-state index in [9.17, 15) is 0 Å². The second kappa shape index (κ2) is 9.44. The number of hydrogen-bond donors (Lipinski definition) is 1. The zero-order chi connectivity index (χ0) is 13.3. The van der Waals surface area contributed by atoms with Gasteiger partial charge in [-0.15, -0.1) is 0 Å². The van der Waals surface area contributed by atoms with E-state index in [-0.39, 0.29) is 0 Å². The van der Waals surface area contributed by atoms with E-state index in [2.05, 4.69) is 50.9 Å². The highest BCUT2D eigenvalue weighted by Crippen LogP contribution is 2.05. The van der Waals surface area contributed by atoms with Gasteiger partial charge >= 0.3 is 0 Å². The van der Waals surface area contributed by atoms with E-state index in [0.29, 0.717) is 24.3 Å². The third-order valence-electron chi connectivity index (χ3n) is 2.61. The molecule has 0 bridgehead atoms. The molecule has 3 heteroatoms. The van der Waals surface area contributed by atoms with Crippen LogP contribution in [0.15, 0.2) is 0 Å². The molecule has 0 saturated heterocycles. The van der Waals surface area contributed by atoms with Crippen molar-refractivity contribution in [2.75, 3.05) is 26.2 Å². The zero-order valence-corrected chi connectivity index (χ0v) is 12.2. The molecule has 0 aromatic rings. The predicted molar refractivity (Wildman–Crippen MR) is 73.8 cm³/mol. The van der Waals surface area contributed by atoms with Gasteiger partial charge in [0.1, 0.15) is 0 Å². The van der Waals surface area contributed by atoms with Gasteiger partial charge in [-0.3, -0.25) is 0 Å². The molecule has 1 unspecified atom stereocenters. The number of hydrogen-bond acceptors (Lipinski definition) is 3. The fraction of sp³-hybridized carbons (Fsp3) is 0.929. The monoisotopic (exact) mass is 239 g/mol. The normalized spacial score (nSPS) is 13.4. The minimum atomic E-state index is 0.551. The Bertz CT molecular complexity index is 218. The van der Waals surface area contributed by atoms with E-state index < -0.39 is 0 Å². The van der Waals surface area contributed by atoms with Gasteiger partial charge in [0.05, 0.1) is 6.07 Å². The molecule has 0 aliphatic rings. The summed E-state index contributed by atoms with van der Waals surface area (Å²) in [5, 5.41) is 12.1. The van der Waals surface area contributed by atoms with Gasteiger partial charge < -0.3 is 10.2 Å². The molecule has 1 atom stereocenters. The lowest BCUT2D eigenvalue weighted by Crippen LogP contribution is -2.37. The molecule has 0 amide bonds. The van der Waals surface area contributed by atoms with E-state index in [4.69, 9.17) is 5.26 Å². The van der Waals surface area contributed by atoms with Crippen molar-refractivity contribution < 1.29 is 0 Å². The van der Waals surface area contributed by atoms with Gasteiger partial charge in [0, 0.05) is 32.1 Å². The quantitative estimate of drug-likeness (QED) is 0.672. The summed E-state index contributed by atoms with van der Waals surface area (Å²) in [6.45, 7) is 15.2. The molecule has 3 nitrogen and oxygen atoms in total. The maximum atomic E-state index is 8.67. The Balaban J connectivity index is 3.99. The van der Waals surface area contributed by atoms with Crippen molar-refractivity contribution in [1.82, 2.24) is 10.2 Å². The lowest BCUT2D eigenvalue weighted by molar-refractivity contribution is 0.214. The van der Waals surface area contributed by atoms with Crippen LogP contribution in [0.2, 0.25) is 0 Å². The van der Waals surface area contributed by atoms with Crippen molar-refractivity contribution in [3.63, 3.8) is 0 Å². The van der Waals surface area contributed by atoms with E-state index >= 15 is 0 Å². The SMILES string of the molecule is CC(C)CN(CCC#N)CC(C)CNC(C)C. The number of nitrogens with one attached hydrogen (secondary N) is 1. The van der Waals surface area contributed by atoms with Gasteiger partial charge in [0.15, 0.2) is 0 Å². The second-order valence-corrected chi connectivity index (χ2v) is 5.73. The fourth-order valence-corrected chi connectivity index (χ4v) is 1.92. The highest BCUT2D eigenvalue weighted by Gasteiger charge is 2.11. The van der Waals surface area contributed by atoms with Crippen LogP contribution in [0.1, 0.15) is 41.0 Å². The van der Waals surface area contributed by atoms with Gasteiger partial charge in [-0.05, 0) is 18.4 Å². The first-order valence-electron chi connectivity index (χ1n) is 6.78. The Morgan fingerprint density at radius 3 is 2.24 bits per heavy atom. The van der Waals surface area contributed by atoms with Gasteiger partial charge in [0.2, 0.25) is 0 Å². The van der Waals surface area contributed by atoms with Crippen LogP contribution in [0.5, 0.6) is 0 Å². The third-order valence-corrected chi connectivity index (χ3v) is 2.61. The third kappa shape index (κ3) is 10.3. The van der Waals surface area contributed by atoms with Crippen LogP contribution >= 0.6 is 0 Å². The average molecular weight is 239 g/mol. The van der Waals surface area contributed by atoms with E-state index in [1.54, 1.807) is 0 Å². The fourth-order valence-electron chi connectivity index (χ4n) is 1.92. The Labute approximate surface area is 107 Å². The summed E-state index contributed by atoms with van der Waals surface area (Å²) in [6.07, 6.45) is 0.636. The molecule has 1 N–H and O–H groups in total. The Morgan fingerprint density at radius 2 is 1.76 bits per heavy atom. The Hall–Kier alpha value is -0.590. The molecule has 0 heterocycles. The molecule has 0 rings (SSSR count). The summed E-state index contributed by atoms with van der Waals surface area (Å²) in [5.41, 5.74) is 0. The Morgan fingerprint density at radius 1 is 1.12 bits per heavy atom. The number of rotatable bonds is 9. The molecule has 0 aromatic heterocycles. The van der Waals surface area contributed by atoms with Gasteiger partial charge in [0.25, 0.3) is 0 Å². The van der Waals surface area contributed by atoms with Gasteiger partial charge in [-0.1, -0.05) is 34.6 Å². The molecule has 0 aromatic carbocycles. The van der Waals surface area contributed by atoms with Crippen LogP contribution in [-0.4, -0.2) is 37.1 Å². The molecule has 0 spiro atoms. The summed E-state index contributed by atoms with van der Waals surface area (Å²) in [7, 11) is 0. The molecular weight excluding hydrogens is 210 g/mol. The van der Waals surface area contributed by atoms with Crippen molar-refractivity contribution >= 4 is 0 Å². The first-order valence-corrected chi connectivity index (χ1v) is 6.78. The molecule has 0 fully saturated rings. The van der Waals surface area contributed by atoms with E-state index in [0.717, 1.165) is 26.2 Å². The van der Waals surface area contributed by atoms with Gasteiger partial charge in [-0.2, -0.15) is 5.26 Å². The standard InChI is InChI=1S/C14H29N3/c1-12(2)10-17(8-6-7-15)11-14(5)9-16-13(3)4/h12-14,16H,6,8-11H2,1-5H3. The van der Waals surface area contributed by atoms with Crippen LogP contribution < -0.4 is 5.32 Å². The van der Waals surface area contributed by atoms with Crippen LogP contribution in [0, 0.1) is 23.2 Å². The summed E-state index contributed by atoms with van der Waals surface area (Å²) in [5.74, 6) is 1.30. The van der Waals surface area contributed by atoms with Crippen molar-refractivity contribution in [2.24, 2.45) is 11.8 Å². The minimum Gasteiger partial charge on any atom is -0.314 e. The summed E-state index contributed by atoms with van der Waals surface area (Å²) < 4.78 is 0. The molecule has 0 aliphatic carbocycles. The average Bonchev–Trinajstić information content (AvgIpc) is 2.22. The maximum Gasteiger partial charge on any atom is 0.0635 e. The van der Waals surface area contributed by atoms with Crippen molar-refractivity contribution in [3.05, 3.63) is 0 Å². The largest absolute Gasteiger partial charge is 0.314 e. The van der Waals surface area contributed by atoms with Crippen molar-refractivity contribution in [1.29, 1.82) is 5.26 Å². The maximum absolute atomic E-state index is 8.67. The summed E-state index contributed by atoms with van der Waals surface area (Å²) in [6, 6.07) is 2.79. The minimum absolute atomic E-state index is 0.551. The molecule has 100 valence electrons. The Kier molecular flexibility index (Phi) is 9.11. The topological polar surface area (TPSA) is 39.1 Å². The molecule has 17 heavy (non-hydrogen) atoms. The lowest BCUT2D eigenvalue weighted by Gasteiger charge is -2.27. The molecule has 0 aliphatic heterocycles. The van der Waals surface area contributed by atoms with Crippen LogP contribution in [-0.2, 0) is 0 Å².